The lowest BCUT2D eigenvalue weighted by atomic mass is 10.0. The van der Waals surface area contributed by atoms with Crippen molar-refractivity contribution in [3.63, 3.8) is 0 Å². The summed E-state index contributed by atoms with van der Waals surface area (Å²) in [5, 5.41) is 0. The van der Waals surface area contributed by atoms with Gasteiger partial charge in [-0.05, 0) is 38.0 Å². The molecular formula is C20H26N2O2. The number of para-hydroxylation sites is 1. The van der Waals surface area contributed by atoms with E-state index in [1.54, 1.807) is 14.0 Å². The number of hydrogen-bond donors (Lipinski definition) is 1. The molecule has 0 heterocycles. The van der Waals surface area contributed by atoms with E-state index < -0.39 is 6.04 Å². The van der Waals surface area contributed by atoms with Gasteiger partial charge >= 0.3 is 0 Å². The Balaban J connectivity index is 2.21. The summed E-state index contributed by atoms with van der Waals surface area (Å²) in [5.41, 5.74) is 8.98. The van der Waals surface area contributed by atoms with Crippen molar-refractivity contribution in [3.05, 3.63) is 54.1 Å². The standard InChI is InChI=1S/C20H26N2O2/c1-14(2)22(20(23)15(3)21)13-16-9-11-17(12-10-16)18-7-5-6-8-19(18)24-4/h5-12,14-15H,13,21H2,1-4H3/t15-/m0/s1. The summed E-state index contributed by atoms with van der Waals surface area (Å²) < 4.78 is 5.42. The van der Waals surface area contributed by atoms with Crippen molar-refractivity contribution >= 4 is 5.91 Å². The molecule has 2 aromatic rings. The van der Waals surface area contributed by atoms with Crippen LogP contribution in [0.25, 0.3) is 11.1 Å². The number of benzene rings is 2. The van der Waals surface area contributed by atoms with Gasteiger partial charge in [-0.1, -0.05) is 42.5 Å². The van der Waals surface area contributed by atoms with E-state index in [0.29, 0.717) is 6.54 Å². The molecule has 0 bridgehead atoms. The zero-order chi connectivity index (χ0) is 17.7. The van der Waals surface area contributed by atoms with Crippen LogP contribution >= 0.6 is 0 Å². The molecule has 0 aliphatic carbocycles. The van der Waals surface area contributed by atoms with Gasteiger partial charge in [-0.2, -0.15) is 0 Å². The molecule has 0 spiro atoms. The maximum absolute atomic E-state index is 12.2. The number of nitrogens with two attached hydrogens (primary N) is 1. The van der Waals surface area contributed by atoms with Crippen LogP contribution in [-0.4, -0.2) is 30.0 Å². The first-order valence-electron chi connectivity index (χ1n) is 8.22. The molecule has 24 heavy (non-hydrogen) atoms. The van der Waals surface area contributed by atoms with Crippen LogP contribution in [0.2, 0.25) is 0 Å². The lowest BCUT2D eigenvalue weighted by Gasteiger charge is -2.28. The van der Waals surface area contributed by atoms with Gasteiger partial charge in [0.15, 0.2) is 0 Å². The highest BCUT2D eigenvalue weighted by Gasteiger charge is 2.20. The van der Waals surface area contributed by atoms with Crippen molar-refractivity contribution < 1.29 is 9.53 Å². The molecule has 0 aliphatic rings. The number of ether oxygens (including phenoxy) is 1. The van der Waals surface area contributed by atoms with Crippen LogP contribution in [0.1, 0.15) is 26.3 Å². The second-order valence-corrected chi connectivity index (χ2v) is 6.25. The highest BCUT2D eigenvalue weighted by molar-refractivity contribution is 5.81. The minimum atomic E-state index is -0.486. The second kappa shape index (κ2) is 7.97. The minimum Gasteiger partial charge on any atom is -0.496 e. The number of hydrogen-bond acceptors (Lipinski definition) is 3. The van der Waals surface area contributed by atoms with Gasteiger partial charge in [0, 0.05) is 18.2 Å². The zero-order valence-electron chi connectivity index (χ0n) is 14.8. The lowest BCUT2D eigenvalue weighted by molar-refractivity contribution is -0.134. The quantitative estimate of drug-likeness (QED) is 0.884. The van der Waals surface area contributed by atoms with Crippen LogP contribution in [0.4, 0.5) is 0 Å². The van der Waals surface area contributed by atoms with Gasteiger partial charge in [0.1, 0.15) is 5.75 Å². The number of carbonyl (C=O) groups is 1. The van der Waals surface area contributed by atoms with E-state index >= 15 is 0 Å². The van der Waals surface area contributed by atoms with E-state index in [1.165, 1.54) is 0 Å². The first kappa shape index (κ1) is 18.0. The summed E-state index contributed by atoms with van der Waals surface area (Å²) in [6, 6.07) is 15.8. The van der Waals surface area contributed by atoms with Gasteiger partial charge in [0.2, 0.25) is 5.91 Å². The molecule has 4 heteroatoms. The summed E-state index contributed by atoms with van der Waals surface area (Å²) >= 11 is 0. The summed E-state index contributed by atoms with van der Waals surface area (Å²) in [6.45, 7) is 6.29. The number of rotatable bonds is 6. The zero-order valence-corrected chi connectivity index (χ0v) is 14.8. The normalized spacial score (nSPS) is 12.1. The van der Waals surface area contributed by atoms with E-state index in [1.807, 2.05) is 55.1 Å². The molecule has 0 fully saturated rings. The molecule has 2 aromatic carbocycles. The Morgan fingerprint density at radius 3 is 2.25 bits per heavy atom. The molecule has 0 aliphatic heterocycles. The molecule has 1 atom stereocenters. The molecule has 1 amide bonds. The lowest BCUT2D eigenvalue weighted by Crippen LogP contribution is -2.45. The van der Waals surface area contributed by atoms with E-state index in [9.17, 15) is 4.79 Å². The minimum absolute atomic E-state index is 0.0289. The molecule has 0 aromatic heterocycles. The van der Waals surface area contributed by atoms with Crippen molar-refractivity contribution in [2.45, 2.75) is 39.4 Å². The third-order valence-corrected chi connectivity index (χ3v) is 4.02. The predicted octanol–water partition coefficient (Wildman–Crippen LogP) is 3.45. The van der Waals surface area contributed by atoms with Crippen LogP contribution in [0.5, 0.6) is 5.75 Å². The van der Waals surface area contributed by atoms with E-state index in [4.69, 9.17) is 10.5 Å². The molecule has 4 nitrogen and oxygen atoms in total. The van der Waals surface area contributed by atoms with E-state index in [0.717, 1.165) is 22.4 Å². The Bertz CT molecular complexity index is 678. The summed E-state index contributed by atoms with van der Waals surface area (Å²) in [6.07, 6.45) is 0. The summed E-state index contributed by atoms with van der Waals surface area (Å²) in [7, 11) is 1.67. The average molecular weight is 326 g/mol. The molecule has 2 N–H and O–H groups in total. The van der Waals surface area contributed by atoms with Crippen molar-refractivity contribution in [2.24, 2.45) is 5.73 Å². The van der Waals surface area contributed by atoms with Gasteiger partial charge in [-0.25, -0.2) is 0 Å². The van der Waals surface area contributed by atoms with Gasteiger partial charge < -0.3 is 15.4 Å². The number of carbonyl (C=O) groups excluding carboxylic acids is 1. The number of amides is 1. The topological polar surface area (TPSA) is 55.6 Å². The van der Waals surface area contributed by atoms with E-state index in [-0.39, 0.29) is 11.9 Å². The fourth-order valence-corrected chi connectivity index (χ4v) is 2.65. The Morgan fingerprint density at radius 2 is 1.71 bits per heavy atom. The summed E-state index contributed by atoms with van der Waals surface area (Å²) in [5.74, 6) is 0.819. The van der Waals surface area contributed by atoms with Gasteiger partial charge in [0.05, 0.1) is 13.2 Å². The molecule has 2 rings (SSSR count). The van der Waals surface area contributed by atoms with Crippen molar-refractivity contribution in [1.29, 1.82) is 0 Å². The molecule has 0 unspecified atom stereocenters. The Labute approximate surface area is 144 Å². The first-order chi connectivity index (χ1) is 11.4. The maximum atomic E-state index is 12.2. The second-order valence-electron chi connectivity index (χ2n) is 6.25. The van der Waals surface area contributed by atoms with Crippen molar-refractivity contribution in [2.75, 3.05) is 7.11 Å². The predicted molar refractivity (Wildman–Crippen MR) is 97.8 cm³/mol. The van der Waals surface area contributed by atoms with Crippen LogP contribution in [0.15, 0.2) is 48.5 Å². The molecule has 128 valence electrons. The van der Waals surface area contributed by atoms with Gasteiger partial charge in [-0.15, -0.1) is 0 Å². The van der Waals surface area contributed by atoms with Crippen LogP contribution in [0.3, 0.4) is 0 Å². The smallest absolute Gasteiger partial charge is 0.239 e. The molecule has 0 saturated carbocycles. The third kappa shape index (κ3) is 4.15. The number of nitrogens with zero attached hydrogens (tertiary/aromatic N) is 1. The summed E-state index contributed by atoms with van der Waals surface area (Å²) in [4.78, 5) is 14.1. The Morgan fingerprint density at radius 1 is 1.08 bits per heavy atom. The Kier molecular flexibility index (Phi) is 5.99. The van der Waals surface area contributed by atoms with Gasteiger partial charge in [0.25, 0.3) is 0 Å². The number of methoxy groups -OCH3 is 1. The average Bonchev–Trinajstić information content (AvgIpc) is 2.59. The van der Waals surface area contributed by atoms with Crippen LogP contribution in [-0.2, 0) is 11.3 Å². The third-order valence-electron chi connectivity index (χ3n) is 4.02. The highest BCUT2D eigenvalue weighted by Crippen LogP contribution is 2.29. The van der Waals surface area contributed by atoms with Crippen LogP contribution < -0.4 is 10.5 Å². The monoisotopic (exact) mass is 326 g/mol. The highest BCUT2D eigenvalue weighted by atomic mass is 16.5. The molecule has 0 saturated heterocycles. The van der Waals surface area contributed by atoms with Crippen molar-refractivity contribution in [1.82, 2.24) is 4.90 Å². The Hall–Kier alpha value is -2.33. The fraction of sp³-hybridized carbons (Fsp3) is 0.350. The van der Waals surface area contributed by atoms with Crippen molar-refractivity contribution in [3.8, 4) is 16.9 Å². The maximum Gasteiger partial charge on any atom is 0.239 e. The largest absolute Gasteiger partial charge is 0.496 e. The van der Waals surface area contributed by atoms with E-state index in [2.05, 4.69) is 12.1 Å². The SMILES string of the molecule is COc1ccccc1-c1ccc(CN(C(=O)[C@H](C)N)C(C)C)cc1. The molecular weight excluding hydrogens is 300 g/mol. The fourth-order valence-electron chi connectivity index (χ4n) is 2.65. The van der Waals surface area contributed by atoms with Gasteiger partial charge in [-0.3, -0.25) is 4.79 Å². The molecule has 0 radical (unpaired) electrons. The first-order valence-corrected chi connectivity index (χ1v) is 8.22. The van der Waals surface area contributed by atoms with Crippen LogP contribution in [0, 0.1) is 0 Å².